The van der Waals surface area contributed by atoms with Crippen LogP contribution in [0, 0.1) is 22.7 Å². The van der Waals surface area contributed by atoms with E-state index in [1.165, 1.54) is 36.5 Å². The molecule has 0 aliphatic heterocycles. The van der Waals surface area contributed by atoms with Crippen molar-refractivity contribution < 1.29 is 17.9 Å². The molecule has 4 aromatic rings. The van der Waals surface area contributed by atoms with Crippen LogP contribution in [0.25, 0.3) is 11.1 Å². The summed E-state index contributed by atoms with van der Waals surface area (Å²) in [6.07, 6.45) is -3.32. The number of hydrogen-bond acceptors (Lipinski definition) is 6. The number of ether oxygens (including phenoxy) is 1. The highest BCUT2D eigenvalue weighted by Crippen LogP contribution is 2.40. The first-order valence-corrected chi connectivity index (χ1v) is 9.85. The minimum atomic E-state index is -4.67. The number of benzene rings is 3. The van der Waals surface area contributed by atoms with Crippen LogP contribution in [0.15, 0.2) is 79.0 Å². The molecule has 0 fully saturated rings. The zero-order chi connectivity index (χ0) is 24.1. The number of nitrogens with zero attached hydrogens (tertiary/aromatic N) is 4. The molecule has 9 heteroatoms. The maximum absolute atomic E-state index is 13.8. The van der Waals surface area contributed by atoms with Gasteiger partial charge in [-0.05, 0) is 59.7 Å². The minimum Gasteiger partial charge on any atom is -0.438 e. The molecule has 0 amide bonds. The topological polar surface area (TPSA) is 94.6 Å². The molecule has 166 valence electrons. The fourth-order valence-electron chi connectivity index (χ4n) is 3.09. The summed E-state index contributed by atoms with van der Waals surface area (Å²) in [5.74, 6) is -0.374. The van der Waals surface area contributed by atoms with Crippen molar-refractivity contribution in [3.05, 3.63) is 95.7 Å². The Morgan fingerprint density at radius 3 is 2.03 bits per heavy atom. The van der Waals surface area contributed by atoms with Gasteiger partial charge < -0.3 is 10.1 Å². The van der Waals surface area contributed by atoms with Crippen LogP contribution in [0.2, 0.25) is 0 Å². The minimum absolute atomic E-state index is 0.0808. The molecule has 0 aliphatic rings. The highest BCUT2D eigenvalue weighted by atomic mass is 19.4. The summed E-state index contributed by atoms with van der Waals surface area (Å²) in [4.78, 5) is 8.17. The summed E-state index contributed by atoms with van der Waals surface area (Å²) in [5, 5.41) is 20.7. The van der Waals surface area contributed by atoms with Crippen LogP contribution in [0.3, 0.4) is 0 Å². The Labute approximate surface area is 192 Å². The largest absolute Gasteiger partial charge is 0.438 e. The number of halogens is 3. The van der Waals surface area contributed by atoms with E-state index in [2.05, 4.69) is 15.3 Å². The highest BCUT2D eigenvalue weighted by Gasteiger charge is 2.35. The lowest BCUT2D eigenvalue weighted by Crippen LogP contribution is -2.08. The lowest BCUT2D eigenvalue weighted by Gasteiger charge is -2.15. The smallest absolute Gasteiger partial charge is 0.420 e. The second kappa shape index (κ2) is 9.31. The van der Waals surface area contributed by atoms with Crippen molar-refractivity contribution in [1.82, 2.24) is 9.97 Å². The number of alkyl halides is 3. The van der Waals surface area contributed by atoms with Gasteiger partial charge >= 0.3 is 6.18 Å². The van der Waals surface area contributed by atoms with Gasteiger partial charge in [0.25, 0.3) is 0 Å². The van der Waals surface area contributed by atoms with Crippen LogP contribution in [0.5, 0.6) is 11.6 Å². The van der Waals surface area contributed by atoms with E-state index in [1.54, 1.807) is 36.4 Å². The third kappa shape index (κ3) is 5.12. The normalized spacial score (nSPS) is 10.7. The molecular formula is C25H14F3N5O. The van der Waals surface area contributed by atoms with E-state index in [9.17, 15) is 13.2 Å². The lowest BCUT2D eigenvalue weighted by atomic mass is 10.0. The molecule has 0 atom stereocenters. The van der Waals surface area contributed by atoms with Crippen molar-refractivity contribution in [1.29, 1.82) is 10.5 Å². The Hall–Kier alpha value is -4.89. The average molecular weight is 457 g/mol. The Balaban J connectivity index is 1.61. The molecule has 34 heavy (non-hydrogen) atoms. The molecule has 0 spiro atoms. The van der Waals surface area contributed by atoms with Crippen molar-refractivity contribution in [2.75, 3.05) is 5.32 Å². The molecule has 0 saturated heterocycles. The Morgan fingerprint density at radius 2 is 1.41 bits per heavy atom. The second-order valence-electron chi connectivity index (χ2n) is 7.03. The van der Waals surface area contributed by atoms with Crippen LogP contribution >= 0.6 is 0 Å². The maximum Gasteiger partial charge on any atom is 0.420 e. The summed E-state index contributed by atoms with van der Waals surface area (Å²) in [5.41, 5.74) is 1.39. The first kappa shape index (κ1) is 22.3. The van der Waals surface area contributed by atoms with Crippen molar-refractivity contribution in [3.8, 4) is 34.9 Å². The monoisotopic (exact) mass is 457 g/mol. The van der Waals surface area contributed by atoms with Crippen molar-refractivity contribution in [2.24, 2.45) is 0 Å². The third-order valence-electron chi connectivity index (χ3n) is 4.75. The quantitative estimate of drug-likeness (QED) is 0.371. The van der Waals surface area contributed by atoms with Gasteiger partial charge in [-0.2, -0.15) is 28.7 Å². The van der Waals surface area contributed by atoms with Gasteiger partial charge in [0, 0.05) is 18.0 Å². The summed E-state index contributed by atoms with van der Waals surface area (Å²) in [7, 11) is 0. The number of anilines is 2. The fraction of sp³-hybridized carbons (Fsp3) is 0.0400. The van der Waals surface area contributed by atoms with Crippen LogP contribution in [-0.2, 0) is 6.18 Å². The predicted molar refractivity (Wildman–Crippen MR) is 118 cm³/mol. The van der Waals surface area contributed by atoms with Gasteiger partial charge in [0.15, 0.2) is 0 Å². The lowest BCUT2D eigenvalue weighted by molar-refractivity contribution is -0.138. The summed E-state index contributed by atoms with van der Waals surface area (Å²) in [6.45, 7) is 0. The van der Waals surface area contributed by atoms with Gasteiger partial charge in [-0.25, -0.2) is 4.98 Å². The molecule has 3 aromatic carbocycles. The molecular weight excluding hydrogens is 443 g/mol. The van der Waals surface area contributed by atoms with E-state index in [0.29, 0.717) is 27.9 Å². The van der Waals surface area contributed by atoms with Crippen LogP contribution in [0.1, 0.15) is 16.7 Å². The first-order valence-electron chi connectivity index (χ1n) is 9.85. The summed E-state index contributed by atoms with van der Waals surface area (Å²) >= 11 is 0. The van der Waals surface area contributed by atoms with Gasteiger partial charge in [0.05, 0.1) is 28.8 Å². The van der Waals surface area contributed by atoms with E-state index < -0.39 is 17.5 Å². The molecule has 4 rings (SSSR count). The predicted octanol–water partition coefficient (Wildman–Crippen LogP) is 6.44. The number of aromatic nitrogens is 2. The zero-order valence-electron chi connectivity index (χ0n) is 17.3. The van der Waals surface area contributed by atoms with E-state index >= 15 is 0 Å². The molecule has 0 unspecified atom stereocenters. The summed E-state index contributed by atoms with van der Waals surface area (Å²) < 4.78 is 46.9. The van der Waals surface area contributed by atoms with Gasteiger partial charge in [0.2, 0.25) is 11.8 Å². The third-order valence-corrected chi connectivity index (χ3v) is 4.75. The summed E-state index contributed by atoms with van der Waals surface area (Å²) in [6, 6.07) is 21.8. The van der Waals surface area contributed by atoms with Crippen molar-refractivity contribution in [3.63, 3.8) is 0 Å². The molecule has 0 radical (unpaired) electrons. The molecule has 0 saturated carbocycles. The first-order chi connectivity index (χ1) is 16.4. The number of nitriles is 2. The Morgan fingerprint density at radius 1 is 0.794 bits per heavy atom. The van der Waals surface area contributed by atoms with Crippen molar-refractivity contribution >= 4 is 11.6 Å². The van der Waals surface area contributed by atoms with E-state index in [4.69, 9.17) is 15.3 Å². The number of rotatable bonds is 5. The standard InChI is InChI=1S/C25H14F3N5O/c26-25(27,28)21-13-19(18-5-1-16(14-29)2-6-18)7-10-22(21)34-23-11-12-31-24(33-23)32-20-8-3-17(15-30)4-9-20/h1-13H,(H,31,32,33). The molecule has 0 aliphatic carbocycles. The Kier molecular flexibility index (Phi) is 6.11. The fourth-order valence-corrected chi connectivity index (χ4v) is 3.09. The maximum atomic E-state index is 13.8. The van der Waals surface area contributed by atoms with Gasteiger partial charge in [-0.3, -0.25) is 0 Å². The SMILES string of the molecule is N#Cc1ccc(Nc2nccc(Oc3ccc(-c4ccc(C#N)cc4)cc3C(F)(F)F)n2)cc1. The van der Waals surface area contributed by atoms with Crippen LogP contribution < -0.4 is 10.1 Å². The molecule has 6 nitrogen and oxygen atoms in total. The van der Waals surface area contributed by atoms with Crippen molar-refractivity contribution in [2.45, 2.75) is 6.18 Å². The number of hydrogen-bond donors (Lipinski definition) is 1. The van der Waals surface area contributed by atoms with Gasteiger partial charge in [-0.15, -0.1) is 0 Å². The van der Waals surface area contributed by atoms with Gasteiger partial charge in [-0.1, -0.05) is 18.2 Å². The van der Waals surface area contributed by atoms with Crippen LogP contribution in [0.4, 0.5) is 24.8 Å². The Bertz CT molecular complexity index is 1400. The molecule has 1 aromatic heterocycles. The highest BCUT2D eigenvalue weighted by molar-refractivity contribution is 5.67. The average Bonchev–Trinajstić information content (AvgIpc) is 2.84. The van der Waals surface area contributed by atoms with Gasteiger partial charge in [0.1, 0.15) is 5.75 Å². The second-order valence-corrected chi connectivity index (χ2v) is 7.03. The number of nitrogens with one attached hydrogen (secondary N) is 1. The van der Waals surface area contributed by atoms with Crippen LogP contribution in [-0.4, -0.2) is 9.97 Å². The van der Waals surface area contributed by atoms with E-state index in [-0.39, 0.29) is 11.8 Å². The molecule has 1 N–H and O–H groups in total. The zero-order valence-corrected chi connectivity index (χ0v) is 17.3. The van der Waals surface area contributed by atoms with E-state index in [0.717, 1.165) is 6.07 Å². The molecule has 1 heterocycles. The molecule has 0 bridgehead atoms. The van der Waals surface area contributed by atoms with E-state index in [1.807, 2.05) is 12.1 Å².